The fourth-order valence-electron chi connectivity index (χ4n) is 2.13. The first-order chi connectivity index (χ1) is 11.0. The molecule has 0 fully saturated rings. The van der Waals surface area contributed by atoms with Crippen molar-refractivity contribution in [3.05, 3.63) is 64.7 Å². The molecule has 1 N–H and O–H groups in total. The third-order valence-electron chi connectivity index (χ3n) is 3.49. The fraction of sp³-hybridized carbons (Fsp3) is 0.222. The molecule has 0 heterocycles. The molecule has 120 valence electrons. The van der Waals surface area contributed by atoms with Gasteiger partial charge >= 0.3 is 0 Å². The zero-order chi connectivity index (χ0) is 16.8. The quantitative estimate of drug-likeness (QED) is 0.790. The molecular weight excluding hydrogens is 314 g/mol. The number of hydrogen-bond acceptors (Lipinski definition) is 4. The Bertz CT molecular complexity index is 701. The number of carbonyl (C=O) groups is 2. The molecule has 4 nitrogen and oxygen atoms in total. The van der Waals surface area contributed by atoms with Gasteiger partial charge < -0.3 is 10.1 Å². The summed E-state index contributed by atoms with van der Waals surface area (Å²) < 4.78 is 5.06. The minimum Gasteiger partial charge on any atom is -0.495 e. The van der Waals surface area contributed by atoms with Crippen LogP contribution in [0.15, 0.2) is 48.5 Å². The van der Waals surface area contributed by atoms with Crippen LogP contribution in [0.2, 0.25) is 5.02 Å². The molecule has 0 spiro atoms. The van der Waals surface area contributed by atoms with E-state index in [-0.39, 0.29) is 18.1 Å². The van der Waals surface area contributed by atoms with Gasteiger partial charge in [0.15, 0.2) is 11.6 Å². The molecule has 1 atom stereocenters. The Balaban J connectivity index is 1.97. The SMILES string of the molecule is COc1ccc(C(=O)[C@H](C)NCC(=O)c2ccccc2)cc1Cl. The van der Waals surface area contributed by atoms with Gasteiger partial charge in [-0.05, 0) is 25.1 Å². The van der Waals surface area contributed by atoms with Gasteiger partial charge in [0, 0.05) is 11.1 Å². The number of Topliss-reactive ketones (excluding diaryl/α,β-unsaturated/α-hetero) is 2. The van der Waals surface area contributed by atoms with E-state index in [1.807, 2.05) is 6.07 Å². The van der Waals surface area contributed by atoms with E-state index in [0.29, 0.717) is 21.9 Å². The molecule has 2 rings (SSSR count). The molecule has 0 bridgehead atoms. The zero-order valence-electron chi connectivity index (χ0n) is 13.0. The number of halogens is 1. The standard InChI is InChI=1S/C18H18ClNO3/c1-12(20-11-16(21)13-6-4-3-5-7-13)18(22)14-8-9-17(23-2)15(19)10-14/h3-10,12,20H,11H2,1-2H3/t12-/m0/s1. The Morgan fingerprint density at radius 2 is 1.83 bits per heavy atom. The molecule has 0 saturated carbocycles. The Labute approximate surface area is 140 Å². The minimum absolute atomic E-state index is 0.0574. The van der Waals surface area contributed by atoms with Crippen LogP contribution in [-0.2, 0) is 0 Å². The van der Waals surface area contributed by atoms with E-state index >= 15 is 0 Å². The van der Waals surface area contributed by atoms with Crippen LogP contribution in [0, 0.1) is 0 Å². The largest absolute Gasteiger partial charge is 0.495 e. The minimum atomic E-state index is -0.493. The average Bonchev–Trinajstić information content (AvgIpc) is 2.59. The second kappa shape index (κ2) is 7.90. The van der Waals surface area contributed by atoms with E-state index in [2.05, 4.69) is 5.32 Å². The zero-order valence-corrected chi connectivity index (χ0v) is 13.8. The third-order valence-corrected chi connectivity index (χ3v) is 3.79. The maximum atomic E-state index is 12.4. The van der Waals surface area contributed by atoms with Crippen LogP contribution in [0.25, 0.3) is 0 Å². The van der Waals surface area contributed by atoms with Gasteiger partial charge in [-0.15, -0.1) is 0 Å². The summed E-state index contributed by atoms with van der Waals surface area (Å²) in [5, 5.41) is 3.33. The van der Waals surface area contributed by atoms with E-state index < -0.39 is 6.04 Å². The smallest absolute Gasteiger partial charge is 0.179 e. The number of methoxy groups -OCH3 is 1. The van der Waals surface area contributed by atoms with Crippen molar-refractivity contribution >= 4 is 23.2 Å². The molecular formula is C18H18ClNO3. The van der Waals surface area contributed by atoms with Gasteiger partial charge in [0.1, 0.15) is 5.75 Å². The first-order valence-electron chi connectivity index (χ1n) is 7.22. The molecule has 2 aromatic rings. The molecule has 0 aliphatic heterocycles. The normalized spacial score (nSPS) is 11.8. The van der Waals surface area contributed by atoms with Gasteiger partial charge in [-0.25, -0.2) is 0 Å². The maximum Gasteiger partial charge on any atom is 0.179 e. The molecule has 0 saturated heterocycles. The van der Waals surface area contributed by atoms with Crippen LogP contribution < -0.4 is 10.1 Å². The van der Waals surface area contributed by atoms with Crippen LogP contribution >= 0.6 is 11.6 Å². The van der Waals surface area contributed by atoms with Crippen molar-refractivity contribution in [2.75, 3.05) is 13.7 Å². The van der Waals surface area contributed by atoms with Crippen LogP contribution in [-0.4, -0.2) is 31.3 Å². The highest BCUT2D eigenvalue weighted by atomic mass is 35.5. The van der Waals surface area contributed by atoms with Crippen molar-refractivity contribution in [1.29, 1.82) is 0 Å². The summed E-state index contributed by atoms with van der Waals surface area (Å²) in [5.74, 6) is 0.330. The van der Waals surface area contributed by atoms with Crippen molar-refractivity contribution in [3.63, 3.8) is 0 Å². The summed E-state index contributed by atoms with van der Waals surface area (Å²) in [5.41, 5.74) is 1.09. The second-order valence-corrected chi connectivity index (χ2v) is 5.51. The topological polar surface area (TPSA) is 55.4 Å². The van der Waals surface area contributed by atoms with Crippen LogP contribution in [0.5, 0.6) is 5.75 Å². The predicted octanol–water partition coefficient (Wildman–Crippen LogP) is 3.39. The number of hydrogen-bond donors (Lipinski definition) is 1. The van der Waals surface area contributed by atoms with Crippen molar-refractivity contribution in [3.8, 4) is 5.75 Å². The van der Waals surface area contributed by atoms with E-state index in [1.54, 1.807) is 49.4 Å². The lowest BCUT2D eigenvalue weighted by molar-refractivity contribution is 0.0935. The van der Waals surface area contributed by atoms with E-state index in [9.17, 15) is 9.59 Å². The summed E-state index contributed by atoms with van der Waals surface area (Å²) in [6.07, 6.45) is 0. The molecule has 2 aromatic carbocycles. The second-order valence-electron chi connectivity index (χ2n) is 5.11. The fourth-order valence-corrected chi connectivity index (χ4v) is 2.39. The van der Waals surface area contributed by atoms with Crippen LogP contribution in [0.3, 0.4) is 0 Å². The maximum absolute atomic E-state index is 12.4. The van der Waals surface area contributed by atoms with Gasteiger partial charge in [-0.3, -0.25) is 9.59 Å². The summed E-state index contributed by atoms with van der Waals surface area (Å²) >= 11 is 6.03. The summed E-state index contributed by atoms with van der Waals surface area (Å²) in [7, 11) is 1.52. The summed E-state index contributed by atoms with van der Waals surface area (Å²) in [6, 6.07) is 13.3. The molecule has 0 aliphatic carbocycles. The number of nitrogens with one attached hydrogen (secondary N) is 1. The van der Waals surface area contributed by atoms with Gasteiger partial charge in [0.05, 0.1) is 24.7 Å². The molecule has 23 heavy (non-hydrogen) atoms. The highest BCUT2D eigenvalue weighted by molar-refractivity contribution is 6.32. The monoisotopic (exact) mass is 331 g/mol. The van der Waals surface area contributed by atoms with E-state index in [0.717, 1.165) is 0 Å². The highest BCUT2D eigenvalue weighted by Crippen LogP contribution is 2.25. The van der Waals surface area contributed by atoms with Gasteiger partial charge in [0.2, 0.25) is 0 Å². The van der Waals surface area contributed by atoms with Crippen LogP contribution in [0.1, 0.15) is 27.6 Å². The van der Waals surface area contributed by atoms with Crippen LogP contribution in [0.4, 0.5) is 0 Å². The van der Waals surface area contributed by atoms with E-state index in [4.69, 9.17) is 16.3 Å². The van der Waals surface area contributed by atoms with Crippen molar-refractivity contribution in [2.24, 2.45) is 0 Å². The number of rotatable bonds is 7. The third kappa shape index (κ3) is 4.41. The lowest BCUT2D eigenvalue weighted by atomic mass is 10.0. The summed E-state index contributed by atoms with van der Waals surface area (Å²) in [4.78, 5) is 24.4. The summed E-state index contributed by atoms with van der Waals surface area (Å²) in [6.45, 7) is 1.82. The van der Waals surface area contributed by atoms with Gasteiger partial charge in [-0.1, -0.05) is 41.9 Å². The molecule has 5 heteroatoms. The van der Waals surface area contributed by atoms with Gasteiger partial charge in [-0.2, -0.15) is 0 Å². The lowest BCUT2D eigenvalue weighted by Gasteiger charge is -2.13. The van der Waals surface area contributed by atoms with E-state index in [1.165, 1.54) is 7.11 Å². The van der Waals surface area contributed by atoms with Gasteiger partial charge in [0.25, 0.3) is 0 Å². The predicted molar refractivity (Wildman–Crippen MR) is 90.6 cm³/mol. The molecule has 0 aromatic heterocycles. The number of carbonyl (C=O) groups excluding carboxylic acids is 2. The molecule has 0 unspecified atom stereocenters. The Morgan fingerprint density at radius 1 is 1.13 bits per heavy atom. The van der Waals surface area contributed by atoms with Crippen molar-refractivity contribution in [1.82, 2.24) is 5.32 Å². The Hall–Kier alpha value is -2.17. The average molecular weight is 332 g/mol. The Morgan fingerprint density at radius 3 is 2.43 bits per heavy atom. The molecule has 0 amide bonds. The van der Waals surface area contributed by atoms with Crippen molar-refractivity contribution in [2.45, 2.75) is 13.0 Å². The number of ether oxygens (including phenoxy) is 1. The highest BCUT2D eigenvalue weighted by Gasteiger charge is 2.17. The molecule has 0 radical (unpaired) electrons. The molecule has 0 aliphatic rings. The number of ketones is 2. The Kier molecular flexibility index (Phi) is 5.90. The first-order valence-corrected chi connectivity index (χ1v) is 7.60. The first kappa shape index (κ1) is 17.2. The lowest BCUT2D eigenvalue weighted by Crippen LogP contribution is -2.37. The van der Waals surface area contributed by atoms with Crippen molar-refractivity contribution < 1.29 is 14.3 Å². The number of benzene rings is 2.